The topological polar surface area (TPSA) is 67.1 Å². The fraction of sp³-hybridized carbons (Fsp3) is 0.522. The van der Waals surface area contributed by atoms with Crippen LogP contribution in [0.1, 0.15) is 60.8 Å². The molecule has 150 valence electrons. The van der Waals surface area contributed by atoms with Gasteiger partial charge in [-0.1, -0.05) is 6.07 Å². The Morgan fingerprint density at radius 3 is 2.79 bits per heavy atom. The Labute approximate surface area is 170 Å². The number of imidazole rings is 1. The molecule has 3 aromatic rings. The smallest absolute Gasteiger partial charge is 0.183 e. The van der Waals surface area contributed by atoms with Gasteiger partial charge in [0.05, 0.1) is 6.33 Å². The zero-order chi connectivity index (χ0) is 19.5. The molecule has 2 fully saturated rings. The second-order valence-corrected chi connectivity index (χ2v) is 9.07. The van der Waals surface area contributed by atoms with E-state index >= 15 is 0 Å². The number of rotatable bonds is 3. The van der Waals surface area contributed by atoms with Crippen LogP contribution < -0.4 is 0 Å². The summed E-state index contributed by atoms with van der Waals surface area (Å²) in [4.78, 5) is 7.21. The number of piperidine rings is 1. The van der Waals surface area contributed by atoms with Crippen molar-refractivity contribution in [2.24, 2.45) is 0 Å². The molecule has 6 rings (SSSR count). The van der Waals surface area contributed by atoms with Crippen LogP contribution in [-0.4, -0.2) is 49.9 Å². The van der Waals surface area contributed by atoms with Gasteiger partial charge in [-0.05, 0) is 81.6 Å². The molecule has 2 aliphatic carbocycles. The highest BCUT2D eigenvalue weighted by atomic mass is 16.3. The van der Waals surface area contributed by atoms with E-state index in [1.807, 2.05) is 12.4 Å². The summed E-state index contributed by atoms with van der Waals surface area (Å²) in [6.07, 6.45) is 9.77. The predicted octanol–water partition coefficient (Wildman–Crippen LogP) is 3.83. The summed E-state index contributed by atoms with van der Waals surface area (Å²) in [6, 6.07) is 4.60. The highest BCUT2D eigenvalue weighted by molar-refractivity contribution is 5.85. The van der Waals surface area contributed by atoms with Gasteiger partial charge >= 0.3 is 0 Å². The molecule has 1 aromatic carbocycles. The Morgan fingerprint density at radius 1 is 1.07 bits per heavy atom. The Morgan fingerprint density at radius 2 is 1.97 bits per heavy atom. The molecule has 3 aliphatic rings. The number of phenolic OH excluding ortho intramolecular Hbond substituents is 1. The van der Waals surface area contributed by atoms with Crippen molar-refractivity contribution >= 4 is 11.2 Å². The Balaban J connectivity index is 1.50. The normalized spacial score (nSPS) is 22.3. The van der Waals surface area contributed by atoms with Crippen LogP contribution in [0.15, 0.2) is 18.5 Å². The Bertz CT molecular complexity index is 1100. The molecule has 6 heteroatoms. The van der Waals surface area contributed by atoms with E-state index in [-0.39, 0.29) is 0 Å². The van der Waals surface area contributed by atoms with Crippen molar-refractivity contribution < 1.29 is 5.11 Å². The van der Waals surface area contributed by atoms with Gasteiger partial charge in [-0.15, -0.1) is 10.2 Å². The van der Waals surface area contributed by atoms with Crippen molar-refractivity contribution in [3.05, 3.63) is 35.2 Å². The zero-order valence-corrected chi connectivity index (χ0v) is 16.9. The lowest BCUT2D eigenvalue weighted by molar-refractivity contribution is 0.214. The lowest BCUT2D eigenvalue weighted by Gasteiger charge is -2.30. The first-order valence-corrected chi connectivity index (χ1v) is 11.0. The van der Waals surface area contributed by atoms with Gasteiger partial charge in [0.25, 0.3) is 0 Å². The van der Waals surface area contributed by atoms with E-state index in [0.29, 0.717) is 17.7 Å². The largest absolute Gasteiger partial charge is 0.507 e. The predicted molar refractivity (Wildman–Crippen MR) is 112 cm³/mol. The molecule has 6 nitrogen and oxygen atoms in total. The maximum atomic E-state index is 11.0. The third kappa shape index (κ3) is 2.76. The summed E-state index contributed by atoms with van der Waals surface area (Å²) >= 11 is 0. The number of aromatic nitrogens is 4. The zero-order valence-electron chi connectivity index (χ0n) is 16.9. The highest BCUT2D eigenvalue weighted by Crippen LogP contribution is 2.48. The van der Waals surface area contributed by atoms with E-state index in [0.717, 1.165) is 66.8 Å². The number of likely N-dealkylation sites (tertiary alicyclic amines) is 1. The van der Waals surface area contributed by atoms with E-state index < -0.39 is 0 Å². The van der Waals surface area contributed by atoms with E-state index in [9.17, 15) is 5.11 Å². The molecule has 1 N–H and O–H groups in total. The van der Waals surface area contributed by atoms with Gasteiger partial charge in [0, 0.05) is 23.7 Å². The lowest BCUT2D eigenvalue weighted by Crippen LogP contribution is -2.33. The number of aryl methyl sites for hydroxylation is 1. The number of fused-ring (bicyclic) bond motifs is 2. The first-order chi connectivity index (χ1) is 14.2. The SMILES string of the molecule is CN1CCC[C@@H](n2cnc3c(C4CC4)c(-c4ccc5c(c4O)CCC5)nnc32)C1. The fourth-order valence-electron chi connectivity index (χ4n) is 5.34. The number of hydrogen-bond acceptors (Lipinski definition) is 5. The van der Waals surface area contributed by atoms with Gasteiger partial charge in [-0.25, -0.2) is 4.98 Å². The van der Waals surface area contributed by atoms with E-state index in [2.05, 4.69) is 32.8 Å². The number of nitrogens with zero attached hydrogens (tertiary/aromatic N) is 5. The van der Waals surface area contributed by atoms with Crippen molar-refractivity contribution in [1.29, 1.82) is 0 Å². The highest BCUT2D eigenvalue weighted by Gasteiger charge is 2.33. The maximum absolute atomic E-state index is 11.0. The standard InChI is InChI=1S/C23H27N5O/c1-27-11-3-5-16(12-27)28-13-24-21-19(15-7-8-15)20(25-26-23(21)28)18-10-9-14-4-2-6-17(14)22(18)29/h9-10,13,15-16,29H,2-8,11-12H2,1H3/t16-/m1/s1. The number of aromatic hydroxyl groups is 1. The van der Waals surface area contributed by atoms with E-state index in [1.165, 1.54) is 30.4 Å². The minimum absolute atomic E-state index is 0.402. The van der Waals surface area contributed by atoms with Gasteiger partial charge in [0.2, 0.25) is 0 Å². The van der Waals surface area contributed by atoms with Crippen molar-refractivity contribution in [1.82, 2.24) is 24.6 Å². The van der Waals surface area contributed by atoms with Crippen LogP contribution in [0.25, 0.3) is 22.4 Å². The van der Waals surface area contributed by atoms with Crippen molar-refractivity contribution in [2.45, 2.75) is 56.9 Å². The summed E-state index contributed by atoms with van der Waals surface area (Å²) in [5.41, 5.74) is 7.10. The third-order valence-electron chi connectivity index (χ3n) is 7.01. The van der Waals surface area contributed by atoms with E-state index in [1.54, 1.807) is 0 Å². The first kappa shape index (κ1) is 17.4. The third-order valence-corrected chi connectivity index (χ3v) is 7.01. The molecule has 3 heterocycles. The van der Waals surface area contributed by atoms with Crippen LogP contribution in [0, 0.1) is 0 Å². The molecule has 0 bridgehead atoms. The minimum atomic E-state index is 0.402. The molecule has 0 unspecified atom stereocenters. The maximum Gasteiger partial charge on any atom is 0.183 e. The van der Waals surface area contributed by atoms with Crippen molar-refractivity contribution in [3.63, 3.8) is 0 Å². The quantitative estimate of drug-likeness (QED) is 0.737. The molecule has 0 spiro atoms. The molecule has 29 heavy (non-hydrogen) atoms. The van der Waals surface area contributed by atoms with Gasteiger partial charge in [-0.2, -0.15) is 0 Å². The van der Waals surface area contributed by atoms with Crippen molar-refractivity contribution in [2.75, 3.05) is 20.1 Å². The Kier molecular flexibility index (Phi) is 3.91. The summed E-state index contributed by atoms with van der Waals surface area (Å²) in [7, 11) is 2.18. The average Bonchev–Trinajstić information content (AvgIpc) is 3.28. The molecule has 0 amide bonds. The number of benzene rings is 1. The van der Waals surface area contributed by atoms with Crippen LogP contribution in [0.2, 0.25) is 0 Å². The first-order valence-electron chi connectivity index (χ1n) is 11.0. The molecule has 1 saturated carbocycles. The van der Waals surface area contributed by atoms with Gasteiger partial charge < -0.3 is 14.6 Å². The van der Waals surface area contributed by atoms with Gasteiger partial charge in [0.1, 0.15) is 17.0 Å². The van der Waals surface area contributed by atoms with Gasteiger partial charge in [-0.3, -0.25) is 0 Å². The second kappa shape index (κ2) is 6.52. The summed E-state index contributed by atoms with van der Waals surface area (Å²) in [5.74, 6) is 0.886. The molecular formula is C23H27N5O. The summed E-state index contributed by atoms with van der Waals surface area (Å²) < 4.78 is 2.23. The molecule has 1 atom stereocenters. The number of phenols is 1. The molecule has 0 radical (unpaired) electrons. The lowest BCUT2D eigenvalue weighted by atomic mass is 9.97. The van der Waals surface area contributed by atoms with Crippen LogP contribution >= 0.6 is 0 Å². The van der Waals surface area contributed by atoms with Crippen LogP contribution in [0.5, 0.6) is 5.75 Å². The summed E-state index contributed by atoms with van der Waals surface area (Å²) in [5, 5.41) is 20.3. The fourth-order valence-corrected chi connectivity index (χ4v) is 5.34. The van der Waals surface area contributed by atoms with Crippen LogP contribution in [0.3, 0.4) is 0 Å². The summed E-state index contributed by atoms with van der Waals surface area (Å²) in [6.45, 7) is 2.18. The number of hydrogen-bond donors (Lipinski definition) is 1. The molecule has 1 aliphatic heterocycles. The minimum Gasteiger partial charge on any atom is -0.507 e. The van der Waals surface area contributed by atoms with E-state index in [4.69, 9.17) is 4.98 Å². The number of likely N-dealkylation sites (N-methyl/N-ethyl adjacent to an activating group) is 1. The monoisotopic (exact) mass is 389 g/mol. The van der Waals surface area contributed by atoms with Gasteiger partial charge in [0.15, 0.2) is 5.65 Å². The van der Waals surface area contributed by atoms with Crippen LogP contribution in [0.4, 0.5) is 0 Å². The second-order valence-electron chi connectivity index (χ2n) is 9.07. The molecule has 1 saturated heterocycles. The Hall–Kier alpha value is -2.47. The molecular weight excluding hydrogens is 362 g/mol. The van der Waals surface area contributed by atoms with Crippen LogP contribution in [-0.2, 0) is 12.8 Å². The average molecular weight is 390 g/mol. The molecule has 2 aromatic heterocycles. The van der Waals surface area contributed by atoms with Crippen molar-refractivity contribution in [3.8, 4) is 17.0 Å².